The van der Waals surface area contributed by atoms with E-state index < -0.39 is 0 Å². The monoisotopic (exact) mass is 529 g/mol. The van der Waals surface area contributed by atoms with Crippen molar-refractivity contribution >= 4 is 12.0 Å². The van der Waals surface area contributed by atoms with E-state index in [0.29, 0.717) is 52.2 Å². The van der Waals surface area contributed by atoms with Crippen LogP contribution >= 0.6 is 0 Å². The SMILES string of the molecule is O=C(OCC1CNCCN1C(=O)CCc1ccccc1Oc1ccccc1)N1CCO[C@H](c2ccccc2)C1. The van der Waals surface area contributed by atoms with Crippen LogP contribution in [0.15, 0.2) is 84.9 Å². The number of benzene rings is 3. The molecule has 204 valence electrons. The number of hydrogen-bond acceptors (Lipinski definition) is 6. The van der Waals surface area contributed by atoms with Crippen LogP contribution in [0.1, 0.15) is 23.7 Å². The maximum Gasteiger partial charge on any atom is 0.410 e. The van der Waals surface area contributed by atoms with Gasteiger partial charge in [-0.2, -0.15) is 0 Å². The predicted octanol–water partition coefficient (Wildman–Crippen LogP) is 4.42. The summed E-state index contributed by atoms with van der Waals surface area (Å²) in [5.74, 6) is 1.56. The second-order valence-corrected chi connectivity index (χ2v) is 9.76. The van der Waals surface area contributed by atoms with Crippen molar-refractivity contribution in [2.24, 2.45) is 0 Å². The summed E-state index contributed by atoms with van der Waals surface area (Å²) in [6.45, 7) is 3.42. The molecule has 2 atom stereocenters. The fourth-order valence-corrected chi connectivity index (χ4v) is 4.99. The van der Waals surface area contributed by atoms with Gasteiger partial charge in [-0.1, -0.05) is 66.7 Å². The van der Waals surface area contributed by atoms with E-state index in [0.717, 1.165) is 22.6 Å². The highest BCUT2D eigenvalue weighted by molar-refractivity contribution is 5.77. The zero-order chi connectivity index (χ0) is 26.9. The Bertz CT molecular complexity index is 1220. The van der Waals surface area contributed by atoms with Crippen molar-refractivity contribution in [3.8, 4) is 11.5 Å². The summed E-state index contributed by atoms with van der Waals surface area (Å²) >= 11 is 0. The number of morpholine rings is 1. The number of carbonyl (C=O) groups excluding carboxylic acids is 2. The number of para-hydroxylation sites is 2. The van der Waals surface area contributed by atoms with Crippen LogP contribution in [0.25, 0.3) is 0 Å². The molecule has 0 aromatic heterocycles. The fraction of sp³-hybridized carbons (Fsp3) is 0.355. The van der Waals surface area contributed by atoms with Crippen LogP contribution in [0.5, 0.6) is 11.5 Å². The molecule has 2 amide bonds. The zero-order valence-corrected chi connectivity index (χ0v) is 22.0. The first kappa shape index (κ1) is 26.7. The molecule has 0 bridgehead atoms. The highest BCUT2D eigenvalue weighted by atomic mass is 16.6. The first-order chi connectivity index (χ1) is 19.2. The fourth-order valence-electron chi connectivity index (χ4n) is 4.99. The molecule has 3 aromatic rings. The summed E-state index contributed by atoms with van der Waals surface area (Å²) in [7, 11) is 0. The first-order valence-corrected chi connectivity index (χ1v) is 13.6. The Balaban J connectivity index is 1.14. The minimum atomic E-state index is -0.371. The molecule has 39 heavy (non-hydrogen) atoms. The summed E-state index contributed by atoms with van der Waals surface area (Å²) in [5.41, 5.74) is 2.02. The van der Waals surface area contributed by atoms with Crippen molar-refractivity contribution in [3.05, 3.63) is 96.1 Å². The van der Waals surface area contributed by atoms with Crippen LogP contribution in [0, 0.1) is 0 Å². The maximum atomic E-state index is 13.3. The molecule has 2 aliphatic heterocycles. The van der Waals surface area contributed by atoms with E-state index in [2.05, 4.69) is 5.32 Å². The van der Waals surface area contributed by atoms with E-state index in [1.54, 1.807) is 4.90 Å². The highest BCUT2D eigenvalue weighted by Gasteiger charge is 2.30. The molecule has 8 heteroatoms. The number of ether oxygens (including phenoxy) is 3. The van der Waals surface area contributed by atoms with Gasteiger partial charge in [-0.05, 0) is 35.7 Å². The van der Waals surface area contributed by atoms with E-state index in [1.165, 1.54) is 0 Å². The predicted molar refractivity (Wildman–Crippen MR) is 148 cm³/mol. The molecule has 5 rings (SSSR count). The molecule has 2 heterocycles. The minimum Gasteiger partial charge on any atom is -0.457 e. The van der Waals surface area contributed by atoms with Gasteiger partial charge >= 0.3 is 6.09 Å². The molecule has 3 aromatic carbocycles. The van der Waals surface area contributed by atoms with Crippen molar-refractivity contribution in [3.63, 3.8) is 0 Å². The van der Waals surface area contributed by atoms with Crippen LogP contribution in [-0.4, -0.2) is 73.8 Å². The topological polar surface area (TPSA) is 80.3 Å². The number of piperazine rings is 1. The number of rotatable bonds is 8. The third-order valence-electron chi connectivity index (χ3n) is 7.12. The Labute approximate surface area is 229 Å². The molecule has 1 N–H and O–H groups in total. The quantitative estimate of drug-likeness (QED) is 0.465. The Morgan fingerprint density at radius 1 is 0.923 bits per heavy atom. The number of carbonyl (C=O) groups is 2. The van der Waals surface area contributed by atoms with Gasteiger partial charge in [-0.25, -0.2) is 4.79 Å². The third kappa shape index (κ3) is 7.16. The van der Waals surface area contributed by atoms with Crippen LogP contribution in [0.3, 0.4) is 0 Å². The lowest BCUT2D eigenvalue weighted by molar-refractivity contribution is -0.135. The Hall–Kier alpha value is -3.88. The van der Waals surface area contributed by atoms with Gasteiger partial charge in [0.05, 0.1) is 19.2 Å². The number of hydrogen-bond donors (Lipinski definition) is 1. The van der Waals surface area contributed by atoms with Crippen LogP contribution < -0.4 is 10.1 Å². The minimum absolute atomic E-state index is 0.0441. The molecule has 8 nitrogen and oxygen atoms in total. The Morgan fingerprint density at radius 3 is 2.49 bits per heavy atom. The highest BCUT2D eigenvalue weighted by Crippen LogP contribution is 2.26. The number of nitrogens with one attached hydrogen (secondary N) is 1. The average Bonchev–Trinajstić information content (AvgIpc) is 3.00. The van der Waals surface area contributed by atoms with E-state index in [4.69, 9.17) is 14.2 Å². The summed E-state index contributed by atoms with van der Waals surface area (Å²) in [5, 5.41) is 3.32. The first-order valence-electron chi connectivity index (χ1n) is 13.6. The largest absolute Gasteiger partial charge is 0.457 e. The summed E-state index contributed by atoms with van der Waals surface area (Å²) in [6, 6.07) is 27.1. The smallest absolute Gasteiger partial charge is 0.410 e. The molecule has 2 aliphatic rings. The molecule has 2 fully saturated rings. The molecule has 0 saturated carbocycles. The zero-order valence-electron chi connectivity index (χ0n) is 22.0. The normalized spacial score (nSPS) is 19.4. The number of aryl methyl sites for hydroxylation is 1. The third-order valence-corrected chi connectivity index (χ3v) is 7.12. The van der Waals surface area contributed by atoms with Crippen LogP contribution in [0.2, 0.25) is 0 Å². The van der Waals surface area contributed by atoms with Crippen molar-refractivity contribution in [1.82, 2.24) is 15.1 Å². The van der Waals surface area contributed by atoms with E-state index in [1.807, 2.05) is 89.8 Å². The van der Waals surface area contributed by atoms with Crippen molar-refractivity contribution in [2.75, 3.05) is 45.9 Å². The second kappa shape index (κ2) is 13.3. The van der Waals surface area contributed by atoms with Crippen molar-refractivity contribution in [1.29, 1.82) is 0 Å². The molecular weight excluding hydrogens is 494 g/mol. The lowest BCUT2D eigenvalue weighted by Gasteiger charge is -2.37. The molecule has 1 unspecified atom stereocenters. The summed E-state index contributed by atoms with van der Waals surface area (Å²) in [6.07, 6.45) is 0.370. The molecule has 0 radical (unpaired) electrons. The van der Waals surface area contributed by atoms with E-state index in [-0.39, 0.29) is 30.8 Å². The average molecular weight is 530 g/mol. The van der Waals surface area contributed by atoms with Crippen molar-refractivity contribution < 1.29 is 23.8 Å². The molecule has 0 spiro atoms. The van der Waals surface area contributed by atoms with Gasteiger partial charge in [0.15, 0.2) is 0 Å². The van der Waals surface area contributed by atoms with Crippen LogP contribution in [0.4, 0.5) is 4.79 Å². The Kier molecular flexibility index (Phi) is 9.09. The van der Waals surface area contributed by atoms with Gasteiger partial charge in [-0.15, -0.1) is 0 Å². The lowest BCUT2D eigenvalue weighted by atomic mass is 10.1. The van der Waals surface area contributed by atoms with Crippen LogP contribution in [-0.2, 0) is 20.7 Å². The van der Waals surface area contributed by atoms with Gasteiger partial charge in [0.25, 0.3) is 0 Å². The molecule has 0 aliphatic carbocycles. The lowest BCUT2D eigenvalue weighted by Crippen LogP contribution is -2.56. The Morgan fingerprint density at radius 2 is 1.67 bits per heavy atom. The van der Waals surface area contributed by atoms with Gasteiger partial charge in [-0.3, -0.25) is 4.79 Å². The number of amides is 2. The van der Waals surface area contributed by atoms with Gasteiger partial charge in [0.1, 0.15) is 24.2 Å². The standard InChI is InChI=1S/C31H35N3O5/c35-30(16-15-25-11-7-8-14-28(25)39-27-12-5-2-6-13-27)34-18-17-32-21-26(34)23-38-31(36)33-19-20-37-29(22-33)24-9-3-1-4-10-24/h1-14,26,29,32H,15-23H2/t26?,29-/m0/s1. The molecule has 2 saturated heterocycles. The number of nitrogens with zero attached hydrogens (tertiary/aromatic N) is 2. The summed E-state index contributed by atoms with van der Waals surface area (Å²) in [4.78, 5) is 29.7. The van der Waals surface area contributed by atoms with E-state index in [9.17, 15) is 9.59 Å². The van der Waals surface area contributed by atoms with Gasteiger partial charge < -0.3 is 29.3 Å². The summed E-state index contributed by atoms with van der Waals surface area (Å²) < 4.78 is 17.6. The second-order valence-electron chi connectivity index (χ2n) is 9.76. The van der Waals surface area contributed by atoms with E-state index >= 15 is 0 Å². The molecular formula is C31H35N3O5. The maximum absolute atomic E-state index is 13.3. The van der Waals surface area contributed by atoms with Gasteiger partial charge in [0, 0.05) is 32.6 Å². The van der Waals surface area contributed by atoms with Crippen molar-refractivity contribution in [2.45, 2.75) is 25.0 Å². The van der Waals surface area contributed by atoms with Gasteiger partial charge in [0.2, 0.25) is 5.91 Å².